The van der Waals surface area contributed by atoms with Crippen molar-refractivity contribution in [1.29, 1.82) is 0 Å². The largest absolute Gasteiger partial charge is 0.478 e. The van der Waals surface area contributed by atoms with Gasteiger partial charge in [-0.2, -0.15) is 0 Å². The van der Waals surface area contributed by atoms with E-state index in [-0.39, 0.29) is 11.2 Å². The monoisotopic (exact) mass is 432 g/mol. The number of imidazole rings is 1. The van der Waals surface area contributed by atoms with Crippen LogP contribution in [0, 0.1) is 5.92 Å². The van der Waals surface area contributed by atoms with Crippen molar-refractivity contribution in [2.24, 2.45) is 5.92 Å². The van der Waals surface area contributed by atoms with Gasteiger partial charge in [-0.3, -0.25) is 14.8 Å². The molecule has 0 saturated heterocycles. The van der Waals surface area contributed by atoms with Crippen LogP contribution in [-0.4, -0.2) is 31.0 Å². The van der Waals surface area contributed by atoms with E-state index in [1.165, 1.54) is 5.56 Å². The number of aromatic carboxylic acids is 1. The van der Waals surface area contributed by atoms with Crippen LogP contribution in [0.25, 0.3) is 11.2 Å². The van der Waals surface area contributed by atoms with E-state index in [0.29, 0.717) is 23.7 Å². The molecule has 8 nitrogen and oxygen atoms in total. The molecule has 0 bridgehead atoms. The number of H-pyrrole nitrogens is 3. The fourth-order valence-corrected chi connectivity index (χ4v) is 3.97. The number of aromatic amines is 3. The average molecular weight is 432 g/mol. The van der Waals surface area contributed by atoms with E-state index in [9.17, 15) is 19.5 Å². The molecule has 0 radical (unpaired) electrons. The Morgan fingerprint density at radius 1 is 0.906 bits per heavy atom. The molecule has 0 fully saturated rings. The van der Waals surface area contributed by atoms with Crippen molar-refractivity contribution in [2.45, 2.75) is 32.1 Å². The molecular weight excluding hydrogens is 408 g/mol. The summed E-state index contributed by atoms with van der Waals surface area (Å²) in [6.07, 6.45) is 4.00. The highest BCUT2D eigenvalue weighted by Crippen LogP contribution is 2.21. The van der Waals surface area contributed by atoms with Gasteiger partial charge in [0, 0.05) is 6.42 Å². The Hall–Kier alpha value is -3.94. The van der Waals surface area contributed by atoms with Crippen molar-refractivity contribution in [3.05, 3.63) is 98.0 Å². The van der Waals surface area contributed by atoms with Gasteiger partial charge < -0.3 is 10.1 Å². The first-order valence-electron chi connectivity index (χ1n) is 10.6. The van der Waals surface area contributed by atoms with Crippen molar-refractivity contribution >= 4 is 17.1 Å². The summed E-state index contributed by atoms with van der Waals surface area (Å²) in [7, 11) is 0. The van der Waals surface area contributed by atoms with E-state index < -0.39 is 17.2 Å². The normalized spacial score (nSPS) is 12.1. The number of aromatic nitrogens is 4. The second-order valence-corrected chi connectivity index (χ2v) is 7.95. The minimum absolute atomic E-state index is 0.263. The van der Waals surface area contributed by atoms with Gasteiger partial charge in [-0.25, -0.2) is 14.6 Å². The Balaban J connectivity index is 1.48. The van der Waals surface area contributed by atoms with Crippen LogP contribution in [0.15, 0.2) is 64.2 Å². The number of carbonyl (C=O) groups is 1. The van der Waals surface area contributed by atoms with Crippen LogP contribution in [0.3, 0.4) is 0 Å². The molecule has 1 atom stereocenters. The van der Waals surface area contributed by atoms with Crippen LogP contribution in [0.4, 0.5) is 0 Å². The third-order valence-electron chi connectivity index (χ3n) is 5.61. The Bertz CT molecular complexity index is 1340. The van der Waals surface area contributed by atoms with Crippen molar-refractivity contribution < 1.29 is 9.90 Å². The number of hydrogen-bond acceptors (Lipinski definition) is 4. The fraction of sp³-hybridized carbons (Fsp3) is 0.250. The predicted molar refractivity (Wildman–Crippen MR) is 121 cm³/mol. The lowest BCUT2D eigenvalue weighted by Gasteiger charge is -2.17. The SMILES string of the molecule is O=C(O)c1cccc(CCC(CCc2nc3[nH]c(=O)[nH]c(=O)c3[nH]2)Cc2ccccc2)c1. The zero-order valence-electron chi connectivity index (χ0n) is 17.4. The number of aryl methyl sites for hydroxylation is 2. The topological polar surface area (TPSA) is 132 Å². The number of benzene rings is 2. The molecule has 4 N–H and O–H groups in total. The maximum atomic E-state index is 11.9. The van der Waals surface area contributed by atoms with E-state index in [4.69, 9.17) is 0 Å². The number of carboxylic acids is 1. The van der Waals surface area contributed by atoms with Crippen LogP contribution >= 0.6 is 0 Å². The zero-order valence-corrected chi connectivity index (χ0v) is 17.4. The average Bonchev–Trinajstić information content (AvgIpc) is 3.20. The van der Waals surface area contributed by atoms with Gasteiger partial charge in [-0.05, 0) is 54.9 Å². The van der Waals surface area contributed by atoms with E-state index in [0.717, 1.165) is 31.2 Å². The number of carboxylic acid groups (broad SMARTS) is 1. The van der Waals surface area contributed by atoms with Gasteiger partial charge in [0.15, 0.2) is 5.65 Å². The first-order chi connectivity index (χ1) is 15.5. The van der Waals surface area contributed by atoms with Crippen molar-refractivity contribution in [1.82, 2.24) is 19.9 Å². The summed E-state index contributed by atoms with van der Waals surface area (Å²) in [5.41, 5.74) is 2.00. The van der Waals surface area contributed by atoms with Gasteiger partial charge in [0.05, 0.1) is 5.56 Å². The van der Waals surface area contributed by atoms with Gasteiger partial charge in [0.2, 0.25) is 0 Å². The maximum absolute atomic E-state index is 11.9. The molecule has 0 saturated carbocycles. The highest BCUT2D eigenvalue weighted by atomic mass is 16.4. The van der Waals surface area contributed by atoms with Gasteiger partial charge in [-0.15, -0.1) is 0 Å². The minimum atomic E-state index is -0.925. The Kier molecular flexibility index (Phi) is 6.30. The molecule has 4 aromatic rings. The lowest BCUT2D eigenvalue weighted by molar-refractivity contribution is 0.0696. The standard InChI is InChI=1S/C24H24N4O4/c29-22-20-21(27-24(32)28-22)26-19(25-20)12-11-17(13-15-5-2-1-3-6-15)10-9-16-7-4-8-18(14-16)23(30)31/h1-8,14,17H,9-13H2,(H,30,31)(H3,25,26,27,28,29,32). The molecule has 0 amide bonds. The van der Waals surface area contributed by atoms with E-state index in [1.807, 2.05) is 24.3 Å². The van der Waals surface area contributed by atoms with E-state index in [1.54, 1.807) is 18.2 Å². The summed E-state index contributed by atoms with van der Waals surface area (Å²) < 4.78 is 0. The van der Waals surface area contributed by atoms with Crippen molar-refractivity contribution in [3.63, 3.8) is 0 Å². The summed E-state index contributed by atoms with van der Waals surface area (Å²) in [6, 6.07) is 17.3. The van der Waals surface area contributed by atoms with Gasteiger partial charge in [0.25, 0.3) is 5.56 Å². The fourth-order valence-electron chi connectivity index (χ4n) is 3.97. The molecular formula is C24H24N4O4. The first-order valence-corrected chi connectivity index (χ1v) is 10.6. The van der Waals surface area contributed by atoms with E-state index in [2.05, 4.69) is 32.1 Å². The number of rotatable bonds is 9. The lowest BCUT2D eigenvalue weighted by Crippen LogP contribution is -2.21. The molecule has 1 unspecified atom stereocenters. The number of fused-ring (bicyclic) bond motifs is 1. The van der Waals surface area contributed by atoms with E-state index >= 15 is 0 Å². The smallest absolute Gasteiger partial charge is 0.335 e. The third-order valence-corrected chi connectivity index (χ3v) is 5.61. The molecule has 0 spiro atoms. The molecule has 2 aromatic carbocycles. The summed E-state index contributed by atoms with van der Waals surface area (Å²) in [5, 5.41) is 9.23. The van der Waals surface area contributed by atoms with Crippen LogP contribution < -0.4 is 11.2 Å². The quantitative estimate of drug-likeness (QED) is 0.323. The van der Waals surface area contributed by atoms with Crippen LogP contribution in [-0.2, 0) is 19.3 Å². The second-order valence-electron chi connectivity index (χ2n) is 7.95. The summed E-state index contributed by atoms with van der Waals surface area (Å²) in [6.45, 7) is 0. The molecule has 8 heteroatoms. The molecule has 164 valence electrons. The highest BCUT2D eigenvalue weighted by Gasteiger charge is 2.14. The van der Waals surface area contributed by atoms with Gasteiger partial charge in [-0.1, -0.05) is 42.5 Å². The Morgan fingerprint density at radius 3 is 2.44 bits per heavy atom. The molecule has 4 rings (SSSR count). The molecule has 2 aromatic heterocycles. The molecule has 32 heavy (non-hydrogen) atoms. The highest BCUT2D eigenvalue weighted by molar-refractivity contribution is 5.87. The molecule has 0 aliphatic carbocycles. The number of nitrogens with zero attached hydrogens (tertiary/aromatic N) is 1. The van der Waals surface area contributed by atoms with Crippen LogP contribution in [0.1, 0.15) is 40.2 Å². The molecule has 0 aliphatic heterocycles. The zero-order chi connectivity index (χ0) is 22.5. The summed E-state index contributed by atoms with van der Waals surface area (Å²) in [4.78, 5) is 46.8. The second kappa shape index (κ2) is 9.47. The minimum Gasteiger partial charge on any atom is -0.478 e. The maximum Gasteiger partial charge on any atom is 0.335 e. The summed E-state index contributed by atoms with van der Waals surface area (Å²) >= 11 is 0. The first kappa shape index (κ1) is 21.3. The Labute approximate surface area is 183 Å². The van der Waals surface area contributed by atoms with Gasteiger partial charge >= 0.3 is 11.7 Å². The lowest BCUT2D eigenvalue weighted by atomic mass is 9.89. The number of hydrogen-bond donors (Lipinski definition) is 4. The third kappa shape index (κ3) is 5.21. The predicted octanol–water partition coefficient (Wildman–Crippen LogP) is 3.06. The Morgan fingerprint density at radius 2 is 1.66 bits per heavy atom. The summed E-state index contributed by atoms with van der Waals surface area (Å²) in [5.74, 6) is 0.0558. The van der Waals surface area contributed by atoms with Crippen molar-refractivity contribution in [2.75, 3.05) is 0 Å². The number of nitrogens with one attached hydrogen (secondary N) is 3. The molecule has 0 aliphatic rings. The van der Waals surface area contributed by atoms with Crippen LogP contribution in [0.2, 0.25) is 0 Å². The molecule has 2 heterocycles. The van der Waals surface area contributed by atoms with Crippen molar-refractivity contribution in [3.8, 4) is 0 Å². The van der Waals surface area contributed by atoms with Crippen LogP contribution in [0.5, 0.6) is 0 Å². The van der Waals surface area contributed by atoms with Gasteiger partial charge in [0.1, 0.15) is 11.3 Å².